The van der Waals surface area contributed by atoms with Crippen molar-refractivity contribution in [1.29, 1.82) is 0 Å². The molecule has 1 radical (unpaired) electrons. The lowest BCUT2D eigenvalue weighted by Gasteiger charge is -2.34. The highest BCUT2D eigenvalue weighted by Gasteiger charge is 2.35. The molecule has 1 saturated heterocycles. The van der Waals surface area contributed by atoms with Crippen molar-refractivity contribution in [2.24, 2.45) is 5.92 Å². The summed E-state index contributed by atoms with van der Waals surface area (Å²) in [7, 11) is 0. The van der Waals surface area contributed by atoms with Gasteiger partial charge in [-0.2, -0.15) is 0 Å². The Balaban J connectivity index is 1.70. The van der Waals surface area contributed by atoms with Gasteiger partial charge < -0.3 is 9.64 Å². The highest BCUT2D eigenvalue weighted by Crippen LogP contribution is 2.36. The smallest absolute Gasteiger partial charge is 0.0778 e. The molecule has 2 aliphatic rings. The minimum atomic E-state index is 0.471. The number of rotatable bonds is 2. The van der Waals surface area contributed by atoms with Gasteiger partial charge in [-0.15, -0.1) is 0 Å². The Kier molecular flexibility index (Phi) is 2.37. The molecule has 0 N–H and O–H groups in total. The van der Waals surface area contributed by atoms with E-state index in [1.54, 1.807) is 0 Å². The quantitative estimate of drug-likeness (QED) is 0.728. The molecule has 1 aromatic rings. The van der Waals surface area contributed by atoms with Crippen LogP contribution < -0.4 is 4.90 Å². The summed E-state index contributed by atoms with van der Waals surface area (Å²) < 4.78 is 5.80. The first-order valence-corrected chi connectivity index (χ1v) is 5.76. The molecular formula is C13H16NO. The van der Waals surface area contributed by atoms with Crippen LogP contribution >= 0.6 is 0 Å². The fourth-order valence-corrected chi connectivity index (χ4v) is 2.24. The fraction of sp³-hybridized carbons (Fsp3) is 0.538. The maximum atomic E-state index is 5.80. The molecule has 1 saturated carbocycles. The Labute approximate surface area is 90.8 Å². The van der Waals surface area contributed by atoms with Crippen LogP contribution in [0.25, 0.3) is 0 Å². The molecule has 2 fully saturated rings. The molecule has 1 atom stereocenters. The average molecular weight is 202 g/mol. The Morgan fingerprint density at radius 3 is 3.07 bits per heavy atom. The van der Waals surface area contributed by atoms with Crippen LogP contribution in [0.1, 0.15) is 12.8 Å². The second-order valence-electron chi connectivity index (χ2n) is 4.45. The van der Waals surface area contributed by atoms with E-state index in [4.69, 9.17) is 4.74 Å². The van der Waals surface area contributed by atoms with E-state index < -0.39 is 0 Å². The van der Waals surface area contributed by atoms with Crippen molar-refractivity contribution in [2.45, 2.75) is 18.9 Å². The second kappa shape index (κ2) is 3.86. The highest BCUT2D eigenvalue weighted by molar-refractivity contribution is 5.46. The van der Waals surface area contributed by atoms with Gasteiger partial charge in [-0.05, 0) is 37.0 Å². The van der Waals surface area contributed by atoms with Gasteiger partial charge >= 0.3 is 0 Å². The minimum absolute atomic E-state index is 0.471. The van der Waals surface area contributed by atoms with E-state index in [9.17, 15) is 0 Å². The van der Waals surface area contributed by atoms with Crippen molar-refractivity contribution in [3.8, 4) is 0 Å². The monoisotopic (exact) mass is 202 g/mol. The van der Waals surface area contributed by atoms with Gasteiger partial charge in [-0.3, -0.25) is 0 Å². The summed E-state index contributed by atoms with van der Waals surface area (Å²) in [6, 6.07) is 11.4. The van der Waals surface area contributed by atoms with E-state index in [1.165, 1.54) is 18.5 Å². The molecule has 1 aliphatic carbocycles. The van der Waals surface area contributed by atoms with Crippen molar-refractivity contribution in [3.63, 3.8) is 0 Å². The van der Waals surface area contributed by atoms with Gasteiger partial charge in [0, 0.05) is 18.8 Å². The lowest BCUT2D eigenvalue weighted by molar-refractivity contribution is 0.0264. The summed E-state index contributed by atoms with van der Waals surface area (Å²) in [6.07, 6.45) is 3.19. The van der Waals surface area contributed by atoms with E-state index >= 15 is 0 Å². The summed E-state index contributed by atoms with van der Waals surface area (Å²) in [4.78, 5) is 2.42. The van der Waals surface area contributed by atoms with E-state index in [2.05, 4.69) is 29.2 Å². The van der Waals surface area contributed by atoms with Crippen LogP contribution in [-0.2, 0) is 4.74 Å². The SMILES string of the molecule is [c]1cccc(N2CCOC(C3CC3)C2)c1. The number of hydrogen-bond acceptors (Lipinski definition) is 2. The normalized spacial score (nSPS) is 26.7. The lowest BCUT2D eigenvalue weighted by atomic mass is 10.1. The van der Waals surface area contributed by atoms with Crippen molar-refractivity contribution in [2.75, 3.05) is 24.6 Å². The first-order chi connectivity index (χ1) is 7.43. The molecule has 1 aromatic carbocycles. The largest absolute Gasteiger partial charge is 0.374 e. The first kappa shape index (κ1) is 9.22. The van der Waals surface area contributed by atoms with Crippen LogP contribution in [0.15, 0.2) is 24.3 Å². The molecule has 1 unspecified atom stereocenters. The van der Waals surface area contributed by atoms with Crippen LogP contribution in [0.3, 0.4) is 0 Å². The zero-order valence-corrected chi connectivity index (χ0v) is 8.86. The molecule has 3 rings (SSSR count). The maximum absolute atomic E-state index is 5.80. The van der Waals surface area contributed by atoms with Gasteiger partial charge in [-0.1, -0.05) is 12.1 Å². The lowest BCUT2D eigenvalue weighted by Crippen LogP contribution is -2.43. The summed E-state index contributed by atoms with van der Waals surface area (Å²) in [5.74, 6) is 0.834. The Morgan fingerprint density at radius 2 is 2.33 bits per heavy atom. The number of anilines is 1. The molecular weight excluding hydrogens is 186 g/mol. The first-order valence-electron chi connectivity index (χ1n) is 5.76. The van der Waals surface area contributed by atoms with E-state index in [-0.39, 0.29) is 0 Å². The highest BCUT2D eigenvalue weighted by atomic mass is 16.5. The van der Waals surface area contributed by atoms with Gasteiger partial charge in [0.25, 0.3) is 0 Å². The molecule has 2 heteroatoms. The molecule has 1 aliphatic heterocycles. The molecule has 79 valence electrons. The third-order valence-electron chi connectivity index (χ3n) is 3.30. The van der Waals surface area contributed by atoms with E-state index in [0.717, 1.165) is 25.6 Å². The predicted octanol–water partition coefficient (Wildman–Crippen LogP) is 2.10. The van der Waals surface area contributed by atoms with Gasteiger partial charge in [0.2, 0.25) is 0 Å². The van der Waals surface area contributed by atoms with Crippen molar-refractivity contribution < 1.29 is 4.74 Å². The number of morpholine rings is 1. The van der Waals surface area contributed by atoms with Crippen molar-refractivity contribution >= 4 is 5.69 Å². The summed E-state index contributed by atoms with van der Waals surface area (Å²) in [6.45, 7) is 2.94. The zero-order valence-electron chi connectivity index (χ0n) is 8.86. The topological polar surface area (TPSA) is 12.5 Å². The Morgan fingerprint density at radius 1 is 1.40 bits per heavy atom. The number of ether oxygens (including phenoxy) is 1. The summed E-state index contributed by atoms with van der Waals surface area (Å²) >= 11 is 0. The summed E-state index contributed by atoms with van der Waals surface area (Å²) in [5.41, 5.74) is 1.28. The van der Waals surface area contributed by atoms with Crippen molar-refractivity contribution in [1.82, 2.24) is 0 Å². The molecule has 0 aromatic heterocycles. The minimum Gasteiger partial charge on any atom is -0.374 e. The average Bonchev–Trinajstić information content (AvgIpc) is 3.14. The Bertz CT molecular complexity index is 321. The van der Waals surface area contributed by atoms with Gasteiger partial charge in [-0.25, -0.2) is 0 Å². The third kappa shape index (κ3) is 2.00. The van der Waals surface area contributed by atoms with Gasteiger partial charge in [0.1, 0.15) is 0 Å². The maximum Gasteiger partial charge on any atom is 0.0778 e. The number of nitrogens with zero attached hydrogens (tertiary/aromatic N) is 1. The standard InChI is InChI=1S/C13H16NO/c1-2-4-12(5-3-1)14-8-9-15-13(10-14)11-6-7-11/h1-2,4-5,11,13H,6-10H2. The zero-order chi connectivity index (χ0) is 10.1. The van der Waals surface area contributed by atoms with Crippen LogP contribution in [0.5, 0.6) is 0 Å². The number of hydrogen-bond donors (Lipinski definition) is 0. The van der Waals surface area contributed by atoms with Gasteiger partial charge in [0.05, 0.1) is 12.7 Å². The molecule has 15 heavy (non-hydrogen) atoms. The van der Waals surface area contributed by atoms with Crippen LogP contribution in [0.2, 0.25) is 0 Å². The third-order valence-corrected chi connectivity index (χ3v) is 3.30. The van der Waals surface area contributed by atoms with Crippen LogP contribution in [0, 0.1) is 12.0 Å². The van der Waals surface area contributed by atoms with Crippen LogP contribution in [-0.4, -0.2) is 25.8 Å². The fourth-order valence-electron chi connectivity index (χ4n) is 2.24. The van der Waals surface area contributed by atoms with E-state index in [1.807, 2.05) is 6.07 Å². The van der Waals surface area contributed by atoms with Crippen molar-refractivity contribution in [3.05, 3.63) is 30.3 Å². The van der Waals surface area contributed by atoms with E-state index in [0.29, 0.717) is 6.10 Å². The Hall–Kier alpha value is -1.02. The predicted molar refractivity (Wildman–Crippen MR) is 60.0 cm³/mol. The molecule has 2 nitrogen and oxygen atoms in total. The second-order valence-corrected chi connectivity index (χ2v) is 4.45. The van der Waals surface area contributed by atoms with Gasteiger partial charge in [0.15, 0.2) is 0 Å². The molecule has 1 heterocycles. The van der Waals surface area contributed by atoms with Crippen LogP contribution in [0.4, 0.5) is 5.69 Å². The molecule has 0 amide bonds. The molecule has 0 spiro atoms. The molecule has 0 bridgehead atoms. The number of benzene rings is 1. The summed E-state index contributed by atoms with van der Waals surface area (Å²) in [5, 5.41) is 0.